The summed E-state index contributed by atoms with van der Waals surface area (Å²) in [7, 11) is 1.66. The van der Waals surface area contributed by atoms with Crippen LogP contribution in [0, 0.1) is 5.41 Å². The molecule has 2 N–H and O–H groups in total. The van der Waals surface area contributed by atoms with Gasteiger partial charge < -0.3 is 20.0 Å². The van der Waals surface area contributed by atoms with Gasteiger partial charge in [0.05, 0.1) is 24.2 Å². The van der Waals surface area contributed by atoms with E-state index in [0.717, 1.165) is 16.7 Å². The Bertz CT molecular complexity index is 911. The predicted molar refractivity (Wildman–Crippen MR) is 110 cm³/mol. The fourth-order valence-corrected chi connectivity index (χ4v) is 3.96. The van der Waals surface area contributed by atoms with Crippen LogP contribution in [0.15, 0.2) is 30.6 Å². The van der Waals surface area contributed by atoms with Crippen LogP contribution in [0.25, 0.3) is 11.0 Å². The molecular weight excluding hydrogens is 372 g/mol. The highest BCUT2D eigenvalue weighted by Crippen LogP contribution is 2.32. The van der Waals surface area contributed by atoms with Crippen LogP contribution in [0.4, 0.5) is 5.69 Å². The van der Waals surface area contributed by atoms with Gasteiger partial charge in [0.25, 0.3) is 0 Å². The second-order valence-electron chi connectivity index (χ2n) is 8.76. The van der Waals surface area contributed by atoms with Gasteiger partial charge >= 0.3 is 5.97 Å². The number of nitrogens with zero attached hydrogens (tertiary/aromatic N) is 4. The molecule has 156 valence electrons. The quantitative estimate of drug-likeness (QED) is 0.731. The fraction of sp³-hybridized carbons (Fsp3) is 0.524. The van der Waals surface area contributed by atoms with Crippen LogP contribution in [0.3, 0.4) is 0 Å². The number of hydrogen-bond acceptors (Lipinski definition) is 6. The Morgan fingerprint density at radius 3 is 2.72 bits per heavy atom. The highest BCUT2D eigenvalue weighted by atomic mass is 16.4. The molecule has 1 aliphatic rings. The van der Waals surface area contributed by atoms with Crippen molar-refractivity contribution in [3.05, 3.63) is 30.6 Å². The molecule has 1 aliphatic heterocycles. The fourth-order valence-electron chi connectivity index (χ4n) is 3.96. The molecule has 1 fully saturated rings. The van der Waals surface area contributed by atoms with Gasteiger partial charge in [-0.1, -0.05) is 13.8 Å². The minimum Gasteiger partial charge on any atom is -0.481 e. The summed E-state index contributed by atoms with van der Waals surface area (Å²) in [6.45, 7) is 4.76. The Hall–Kier alpha value is -2.74. The first-order valence-corrected chi connectivity index (χ1v) is 9.71. The zero-order valence-corrected chi connectivity index (χ0v) is 17.1. The summed E-state index contributed by atoms with van der Waals surface area (Å²) in [5.41, 5.74) is 0.838. The Morgan fingerprint density at radius 2 is 2.00 bits per heavy atom. The van der Waals surface area contributed by atoms with Gasteiger partial charge in [-0.3, -0.25) is 19.6 Å². The first-order valence-electron chi connectivity index (χ1n) is 9.71. The van der Waals surface area contributed by atoms with Gasteiger partial charge in [-0.05, 0) is 30.0 Å². The lowest BCUT2D eigenvalue weighted by Crippen LogP contribution is -2.46. The summed E-state index contributed by atoms with van der Waals surface area (Å²) in [5, 5.41) is 20.1. The third kappa shape index (κ3) is 5.00. The molecule has 0 aliphatic carbocycles. The van der Waals surface area contributed by atoms with Gasteiger partial charge in [-0.25, -0.2) is 0 Å². The average molecular weight is 400 g/mol. The van der Waals surface area contributed by atoms with Crippen LogP contribution in [0.5, 0.6) is 0 Å². The molecule has 0 unspecified atom stereocenters. The minimum atomic E-state index is -1.04. The van der Waals surface area contributed by atoms with Crippen molar-refractivity contribution in [2.24, 2.45) is 5.41 Å². The second-order valence-corrected chi connectivity index (χ2v) is 8.76. The molecule has 2 aromatic heterocycles. The highest BCUT2D eigenvalue weighted by molar-refractivity contribution is 5.87. The zero-order valence-electron chi connectivity index (χ0n) is 17.1. The molecule has 8 heteroatoms. The molecule has 8 nitrogen and oxygen atoms in total. The molecule has 29 heavy (non-hydrogen) atoms. The molecule has 0 radical (unpaired) electrons. The van der Waals surface area contributed by atoms with Crippen LogP contribution in [0.1, 0.15) is 33.1 Å². The number of fused-ring (bicyclic) bond motifs is 1. The number of hydrogen-bond donors (Lipinski definition) is 2. The lowest BCUT2D eigenvalue weighted by Gasteiger charge is -2.31. The van der Waals surface area contributed by atoms with E-state index >= 15 is 0 Å². The number of amides is 1. The maximum absolute atomic E-state index is 12.6. The van der Waals surface area contributed by atoms with Crippen LogP contribution in [-0.4, -0.2) is 69.2 Å². The summed E-state index contributed by atoms with van der Waals surface area (Å²) >= 11 is 0. The second kappa shape index (κ2) is 7.94. The summed E-state index contributed by atoms with van der Waals surface area (Å²) in [6.07, 6.45) is 4.03. The highest BCUT2D eigenvalue weighted by Gasteiger charge is 2.39. The van der Waals surface area contributed by atoms with E-state index in [9.17, 15) is 14.7 Å². The minimum absolute atomic E-state index is 0.0766. The number of rotatable bonds is 7. The van der Waals surface area contributed by atoms with Gasteiger partial charge in [-0.15, -0.1) is 0 Å². The van der Waals surface area contributed by atoms with E-state index in [4.69, 9.17) is 5.11 Å². The van der Waals surface area contributed by atoms with Gasteiger partial charge in [0.15, 0.2) is 0 Å². The van der Waals surface area contributed by atoms with Crippen molar-refractivity contribution < 1.29 is 19.8 Å². The molecule has 1 amide bonds. The number of likely N-dealkylation sites (N-methyl/N-ethyl adjacent to an activating group) is 1. The molecule has 0 aromatic carbocycles. The number of aliphatic carboxylic acids is 1. The monoisotopic (exact) mass is 400 g/mol. The van der Waals surface area contributed by atoms with E-state index in [2.05, 4.69) is 14.9 Å². The molecule has 0 saturated carbocycles. The number of aromatic nitrogens is 2. The van der Waals surface area contributed by atoms with Gasteiger partial charge in [0.2, 0.25) is 5.91 Å². The average Bonchev–Trinajstić information content (AvgIpc) is 3.01. The Labute approximate surface area is 170 Å². The topological polar surface area (TPSA) is 107 Å². The number of carbonyl (C=O) groups excluding carboxylic acids is 1. The van der Waals surface area contributed by atoms with Crippen molar-refractivity contribution in [1.29, 1.82) is 0 Å². The number of β-amino-alcohol motifs (C(OH)–C–C–N with tert-alkyl or cyclic N) is 1. The smallest absolute Gasteiger partial charge is 0.303 e. The molecule has 0 spiro atoms. The summed E-state index contributed by atoms with van der Waals surface area (Å²) in [4.78, 5) is 35.9. The number of aliphatic hydroxyl groups is 1. The summed E-state index contributed by atoms with van der Waals surface area (Å²) in [5.74, 6) is -1.09. The number of carboxylic acids is 1. The molecule has 1 saturated heterocycles. The number of pyridine rings is 2. The van der Waals surface area contributed by atoms with Crippen LogP contribution < -0.4 is 4.90 Å². The molecule has 2 aromatic rings. The van der Waals surface area contributed by atoms with Crippen molar-refractivity contribution in [3.63, 3.8) is 0 Å². The van der Waals surface area contributed by atoms with E-state index < -0.39 is 17.0 Å². The first kappa shape index (κ1) is 21.0. The maximum atomic E-state index is 12.6. The number of anilines is 1. The largest absolute Gasteiger partial charge is 0.481 e. The maximum Gasteiger partial charge on any atom is 0.303 e. The third-order valence-electron chi connectivity index (χ3n) is 5.36. The van der Waals surface area contributed by atoms with Gasteiger partial charge in [0.1, 0.15) is 11.1 Å². The number of carbonyl (C=O) groups is 2. The van der Waals surface area contributed by atoms with Crippen LogP contribution in [0.2, 0.25) is 0 Å². The Balaban J connectivity index is 1.66. The van der Waals surface area contributed by atoms with E-state index in [-0.39, 0.29) is 25.3 Å². The van der Waals surface area contributed by atoms with Crippen LogP contribution in [-0.2, 0) is 9.59 Å². The van der Waals surface area contributed by atoms with E-state index in [1.807, 2.05) is 18.2 Å². The molecule has 0 bridgehead atoms. The third-order valence-corrected chi connectivity index (χ3v) is 5.36. The Kier molecular flexibility index (Phi) is 5.75. The van der Waals surface area contributed by atoms with Crippen molar-refractivity contribution in [3.8, 4) is 0 Å². The predicted octanol–water partition coefficient (Wildman–Crippen LogP) is 1.92. The Morgan fingerprint density at radius 1 is 1.24 bits per heavy atom. The standard InChI is InChI=1S/C21H28N4O4/c1-20(2,12-18(27)28)11-17(26)24(3)13-21(29)7-10-25(14-21)16-6-9-22-15-5-4-8-23-19(15)16/h4-6,8-9,29H,7,10-14H2,1-3H3,(H,27,28)/t21-/m0/s1. The molecule has 1 atom stereocenters. The van der Waals surface area contributed by atoms with E-state index in [1.54, 1.807) is 33.3 Å². The zero-order chi connectivity index (χ0) is 21.2. The van der Waals surface area contributed by atoms with Gasteiger partial charge in [-0.2, -0.15) is 0 Å². The molecular formula is C21H28N4O4. The van der Waals surface area contributed by atoms with E-state index in [0.29, 0.717) is 19.5 Å². The molecule has 3 rings (SSSR count). The first-order chi connectivity index (χ1) is 13.6. The lowest BCUT2D eigenvalue weighted by molar-refractivity contribution is -0.141. The lowest BCUT2D eigenvalue weighted by atomic mass is 9.85. The van der Waals surface area contributed by atoms with Crippen molar-refractivity contribution >= 4 is 28.6 Å². The summed E-state index contributed by atoms with van der Waals surface area (Å²) in [6, 6.07) is 5.63. The van der Waals surface area contributed by atoms with Crippen LogP contribution >= 0.6 is 0 Å². The van der Waals surface area contributed by atoms with Crippen molar-refractivity contribution in [2.75, 3.05) is 31.6 Å². The normalized spacial score (nSPS) is 19.5. The SMILES string of the molecule is CN(C[C@@]1(O)CCN(c2ccnc3cccnc23)C1)C(=O)CC(C)(C)CC(=O)O. The number of carboxylic acid groups (broad SMARTS) is 1. The van der Waals surface area contributed by atoms with E-state index in [1.165, 1.54) is 4.90 Å². The van der Waals surface area contributed by atoms with Crippen molar-refractivity contribution in [2.45, 2.75) is 38.7 Å². The van der Waals surface area contributed by atoms with Crippen molar-refractivity contribution in [1.82, 2.24) is 14.9 Å². The summed E-state index contributed by atoms with van der Waals surface area (Å²) < 4.78 is 0. The van der Waals surface area contributed by atoms with Gasteiger partial charge in [0, 0.05) is 39.0 Å². The molecule has 3 heterocycles.